The number of aromatic hydroxyl groups is 2. The summed E-state index contributed by atoms with van der Waals surface area (Å²) in [6, 6.07) is 2.60. The highest BCUT2D eigenvalue weighted by Gasteiger charge is 2.17. The van der Waals surface area contributed by atoms with Gasteiger partial charge in [-0.15, -0.1) is 0 Å². The van der Waals surface area contributed by atoms with Crippen molar-refractivity contribution in [2.45, 2.75) is 0 Å². The Hall–Kier alpha value is -2.54. The quantitative estimate of drug-likeness (QED) is 0.629. The Balaban J connectivity index is 2.33. The highest BCUT2D eigenvalue weighted by Crippen LogP contribution is 2.38. The highest BCUT2D eigenvalue weighted by molar-refractivity contribution is 6.32. The molecule has 3 rings (SSSR count). The molecule has 3 aromatic rings. The number of phenolic OH excluding ortho intramolecular Hbond substituents is 2. The van der Waals surface area contributed by atoms with E-state index in [1.807, 2.05) is 0 Å². The van der Waals surface area contributed by atoms with Gasteiger partial charge in [-0.25, -0.2) is 9.67 Å². The van der Waals surface area contributed by atoms with Crippen molar-refractivity contribution in [1.82, 2.24) is 19.7 Å². The fraction of sp³-hybridized carbons (Fsp3) is 0.0833. The lowest BCUT2D eigenvalue weighted by atomic mass is 10.1. The third kappa shape index (κ3) is 1.79. The minimum Gasteiger partial charge on any atom is -0.507 e. The van der Waals surface area contributed by atoms with Crippen LogP contribution in [0.3, 0.4) is 0 Å². The van der Waals surface area contributed by atoms with E-state index in [2.05, 4.69) is 15.1 Å². The number of nitrogen functional groups attached to an aromatic ring is 1. The topological polar surface area (TPSA) is 110 Å². The summed E-state index contributed by atoms with van der Waals surface area (Å²) >= 11 is 5.87. The zero-order valence-electron chi connectivity index (χ0n) is 10.4. The normalized spacial score (nSPS) is 11.1. The third-order valence-corrected chi connectivity index (χ3v) is 3.22. The number of nitrogens with zero attached hydrogens (tertiary/aromatic N) is 4. The second-order valence-electron chi connectivity index (χ2n) is 4.26. The van der Waals surface area contributed by atoms with E-state index in [1.165, 1.54) is 16.9 Å². The molecule has 0 atom stereocenters. The van der Waals surface area contributed by atoms with Crippen LogP contribution in [0.15, 0.2) is 18.3 Å². The lowest BCUT2D eigenvalue weighted by Crippen LogP contribution is -1.97. The van der Waals surface area contributed by atoms with E-state index >= 15 is 0 Å². The lowest BCUT2D eigenvalue weighted by Gasteiger charge is -2.04. The molecule has 0 bridgehead atoms. The molecule has 8 heteroatoms. The van der Waals surface area contributed by atoms with Gasteiger partial charge in [-0.05, 0) is 6.07 Å². The number of phenols is 2. The molecule has 0 saturated carbocycles. The number of aromatic nitrogens is 4. The average molecular weight is 292 g/mol. The Bertz CT molecular complexity index is 830. The number of hydrogen-bond acceptors (Lipinski definition) is 6. The fourth-order valence-corrected chi connectivity index (χ4v) is 2.15. The summed E-state index contributed by atoms with van der Waals surface area (Å²) in [4.78, 5) is 8.02. The Morgan fingerprint density at radius 3 is 2.75 bits per heavy atom. The van der Waals surface area contributed by atoms with Gasteiger partial charge in [0.05, 0.1) is 10.4 Å². The van der Waals surface area contributed by atoms with Crippen molar-refractivity contribution in [3.63, 3.8) is 0 Å². The van der Waals surface area contributed by atoms with Crippen molar-refractivity contribution >= 4 is 28.6 Å². The Kier molecular flexibility index (Phi) is 2.65. The van der Waals surface area contributed by atoms with Gasteiger partial charge < -0.3 is 15.9 Å². The molecule has 0 spiro atoms. The van der Waals surface area contributed by atoms with Crippen LogP contribution in [-0.4, -0.2) is 30.0 Å². The number of benzene rings is 1. The van der Waals surface area contributed by atoms with Crippen molar-refractivity contribution in [1.29, 1.82) is 0 Å². The van der Waals surface area contributed by atoms with E-state index in [1.54, 1.807) is 7.05 Å². The van der Waals surface area contributed by atoms with E-state index in [9.17, 15) is 10.2 Å². The summed E-state index contributed by atoms with van der Waals surface area (Å²) in [5, 5.41) is 24.5. The molecule has 4 N–H and O–H groups in total. The van der Waals surface area contributed by atoms with Gasteiger partial charge in [0.25, 0.3) is 0 Å². The van der Waals surface area contributed by atoms with Crippen molar-refractivity contribution < 1.29 is 10.2 Å². The van der Waals surface area contributed by atoms with Crippen LogP contribution in [0.2, 0.25) is 5.02 Å². The smallest absolute Gasteiger partial charge is 0.222 e. The van der Waals surface area contributed by atoms with Gasteiger partial charge in [-0.1, -0.05) is 11.6 Å². The predicted octanol–water partition coefficient (Wildman–Crippen LogP) is 1.68. The van der Waals surface area contributed by atoms with Crippen LogP contribution < -0.4 is 5.73 Å². The summed E-state index contributed by atoms with van der Waals surface area (Å²) in [6.07, 6.45) is 1.53. The van der Waals surface area contributed by atoms with Crippen molar-refractivity contribution in [2.75, 3.05) is 5.73 Å². The maximum Gasteiger partial charge on any atom is 0.222 e. The molecular weight excluding hydrogens is 282 g/mol. The second-order valence-corrected chi connectivity index (χ2v) is 4.67. The number of halogens is 1. The first-order valence-corrected chi connectivity index (χ1v) is 6.02. The molecule has 0 amide bonds. The summed E-state index contributed by atoms with van der Waals surface area (Å²) in [6.45, 7) is 0. The first kappa shape index (κ1) is 12.5. The van der Waals surface area contributed by atoms with Crippen LogP contribution in [0.5, 0.6) is 11.5 Å². The average Bonchev–Trinajstić information content (AvgIpc) is 2.71. The van der Waals surface area contributed by atoms with Gasteiger partial charge in [0.15, 0.2) is 5.65 Å². The molecule has 1 aromatic carbocycles. The number of nitrogens with two attached hydrogens (primary N) is 1. The minimum absolute atomic E-state index is 0.118. The molecule has 2 heterocycles. The molecule has 7 nitrogen and oxygen atoms in total. The third-order valence-electron chi connectivity index (χ3n) is 2.92. The van der Waals surface area contributed by atoms with Crippen molar-refractivity contribution in [3.8, 4) is 22.8 Å². The molecule has 2 aromatic heterocycles. The first-order chi connectivity index (χ1) is 9.47. The van der Waals surface area contributed by atoms with Crippen LogP contribution in [-0.2, 0) is 7.05 Å². The Morgan fingerprint density at radius 2 is 2.00 bits per heavy atom. The summed E-state index contributed by atoms with van der Waals surface area (Å²) in [5.74, 6) is -0.197. The van der Waals surface area contributed by atoms with E-state index < -0.39 is 0 Å². The number of rotatable bonds is 1. The zero-order chi connectivity index (χ0) is 14.4. The molecular formula is C12H10ClN5O2. The van der Waals surface area contributed by atoms with Gasteiger partial charge in [-0.2, -0.15) is 10.1 Å². The van der Waals surface area contributed by atoms with Crippen LogP contribution in [0.4, 0.5) is 5.95 Å². The number of hydrogen-bond donors (Lipinski definition) is 3. The van der Waals surface area contributed by atoms with E-state index in [4.69, 9.17) is 17.3 Å². The van der Waals surface area contributed by atoms with Crippen LogP contribution >= 0.6 is 11.6 Å². The van der Waals surface area contributed by atoms with E-state index in [-0.39, 0.29) is 22.5 Å². The Labute approximate surface area is 118 Å². The summed E-state index contributed by atoms with van der Waals surface area (Å²) in [7, 11) is 1.71. The minimum atomic E-state index is -0.200. The van der Waals surface area contributed by atoms with Crippen molar-refractivity contribution in [2.24, 2.45) is 7.05 Å². The monoisotopic (exact) mass is 291 g/mol. The van der Waals surface area contributed by atoms with Gasteiger partial charge in [0.2, 0.25) is 5.95 Å². The van der Waals surface area contributed by atoms with Gasteiger partial charge >= 0.3 is 0 Å². The number of fused-ring (bicyclic) bond motifs is 1. The van der Waals surface area contributed by atoms with Crippen LogP contribution in [0.1, 0.15) is 0 Å². The standard InChI is InChI=1S/C12H10ClN5O2/c1-18-11-6(4-15-12(14)16-11)10(17-18)5-2-7(13)9(20)3-8(5)19/h2-4,19-20H,1H3,(H2,14,15,16). The van der Waals surface area contributed by atoms with Gasteiger partial charge in [-0.3, -0.25) is 0 Å². The highest BCUT2D eigenvalue weighted by atomic mass is 35.5. The molecule has 0 aliphatic rings. The predicted molar refractivity (Wildman–Crippen MR) is 74.5 cm³/mol. The first-order valence-electron chi connectivity index (χ1n) is 5.64. The van der Waals surface area contributed by atoms with Crippen LogP contribution in [0.25, 0.3) is 22.3 Å². The SMILES string of the molecule is Cn1nc(-c2cc(Cl)c(O)cc2O)c2cnc(N)nc21. The maximum atomic E-state index is 9.96. The molecule has 0 aliphatic heterocycles. The molecule has 0 unspecified atom stereocenters. The number of anilines is 1. The lowest BCUT2D eigenvalue weighted by molar-refractivity contribution is 0.452. The molecule has 102 valence electrons. The zero-order valence-corrected chi connectivity index (χ0v) is 11.1. The largest absolute Gasteiger partial charge is 0.507 e. The molecule has 0 aliphatic carbocycles. The summed E-state index contributed by atoms with van der Waals surface area (Å²) in [5.41, 5.74) is 6.93. The van der Waals surface area contributed by atoms with Gasteiger partial charge in [0.1, 0.15) is 17.2 Å². The Morgan fingerprint density at radius 1 is 1.25 bits per heavy atom. The van der Waals surface area contributed by atoms with E-state index in [0.29, 0.717) is 22.3 Å². The summed E-state index contributed by atoms with van der Waals surface area (Å²) < 4.78 is 1.53. The second kappa shape index (κ2) is 4.24. The molecule has 0 saturated heterocycles. The fourth-order valence-electron chi connectivity index (χ4n) is 1.99. The number of aryl methyl sites for hydroxylation is 1. The van der Waals surface area contributed by atoms with E-state index in [0.717, 1.165) is 6.07 Å². The molecule has 0 fully saturated rings. The van der Waals surface area contributed by atoms with Crippen LogP contribution in [0, 0.1) is 0 Å². The molecule has 0 radical (unpaired) electrons. The van der Waals surface area contributed by atoms with Gasteiger partial charge in [0, 0.05) is 24.9 Å². The maximum absolute atomic E-state index is 9.96. The van der Waals surface area contributed by atoms with Crippen molar-refractivity contribution in [3.05, 3.63) is 23.4 Å². The molecule has 20 heavy (non-hydrogen) atoms.